The third-order valence-electron chi connectivity index (χ3n) is 2.02. The minimum atomic E-state index is -0.694. The number of nitrogen functional groups attached to an aromatic ring is 1. The van der Waals surface area contributed by atoms with E-state index in [0.29, 0.717) is 4.88 Å². The number of benzene rings is 1. The average molecular weight is 242 g/mol. The molecule has 2 rings (SSSR count). The monoisotopic (exact) mass is 242 g/mol. The van der Waals surface area contributed by atoms with Crippen molar-refractivity contribution in [2.45, 2.75) is 0 Å². The highest BCUT2D eigenvalue weighted by molar-refractivity contribution is 7.18. The molecule has 2 N–H and O–H groups in total. The molecule has 0 radical (unpaired) electrons. The Morgan fingerprint density at radius 3 is 2.38 bits per heavy atom. The van der Waals surface area contributed by atoms with Gasteiger partial charge in [0.2, 0.25) is 0 Å². The molecule has 0 fully saturated rings. The Balaban J connectivity index is 2.57. The number of hydrogen-bond donors (Lipinski definition) is 1. The Hall–Kier alpha value is -1.69. The van der Waals surface area contributed by atoms with Gasteiger partial charge in [-0.2, -0.15) is 0 Å². The molecular weight excluding hydrogens is 234 g/mol. The minimum Gasteiger partial charge on any atom is -0.497 e. The molecule has 1 heterocycles. The molecule has 0 aliphatic rings. The fraction of sp³-hybridized carbons (Fsp3) is 0.100. The van der Waals surface area contributed by atoms with Gasteiger partial charge in [-0.1, -0.05) is 11.3 Å². The summed E-state index contributed by atoms with van der Waals surface area (Å²) in [5.74, 6) is -1.25. The number of ether oxygens (including phenoxy) is 1. The van der Waals surface area contributed by atoms with E-state index in [1.54, 1.807) is 0 Å². The topological polar surface area (TPSA) is 48.1 Å². The van der Waals surface area contributed by atoms with Gasteiger partial charge in [0.1, 0.15) is 17.4 Å². The second-order valence-corrected chi connectivity index (χ2v) is 4.09. The summed E-state index contributed by atoms with van der Waals surface area (Å²) >= 11 is 1.03. The lowest BCUT2D eigenvalue weighted by Gasteiger charge is -2.05. The average Bonchev–Trinajstić information content (AvgIpc) is 2.63. The Kier molecular flexibility index (Phi) is 2.74. The highest BCUT2D eigenvalue weighted by Gasteiger charge is 2.15. The third kappa shape index (κ3) is 1.83. The molecule has 0 saturated heterocycles. The highest BCUT2D eigenvalue weighted by Crippen LogP contribution is 2.33. The Labute approximate surface area is 94.5 Å². The molecule has 6 heteroatoms. The lowest BCUT2D eigenvalue weighted by atomic mass is 10.1. The molecule has 16 heavy (non-hydrogen) atoms. The molecule has 84 valence electrons. The number of nitrogens with two attached hydrogens (primary N) is 1. The van der Waals surface area contributed by atoms with Gasteiger partial charge < -0.3 is 10.5 Å². The lowest BCUT2D eigenvalue weighted by Crippen LogP contribution is -1.91. The first-order valence-corrected chi connectivity index (χ1v) is 5.18. The van der Waals surface area contributed by atoms with Gasteiger partial charge in [-0.25, -0.2) is 13.8 Å². The van der Waals surface area contributed by atoms with E-state index in [9.17, 15) is 8.78 Å². The van der Waals surface area contributed by atoms with E-state index >= 15 is 0 Å². The van der Waals surface area contributed by atoms with E-state index < -0.39 is 11.6 Å². The molecule has 0 atom stereocenters. The van der Waals surface area contributed by atoms with Gasteiger partial charge in [-0.05, 0) is 0 Å². The number of anilines is 1. The predicted octanol–water partition coefficient (Wildman–Crippen LogP) is 2.68. The van der Waals surface area contributed by atoms with Gasteiger partial charge in [-0.3, -0.25) is 0 Å². The molecular formula is C10H8F2N2OS. The lowest BCUT2D eigenvalue weighted by molar-refractivity contribution is 0.407. The zero-order valence-electron chi connectivity index (χ0n) is 8.33. The van der Waals surface area contributed by atoms with Crippen molar-refractivity contribution < 1.29 is 13.5 Å². The molecule has 0 saturated carbocycles. The summed E-state index contributed by atoms with van der Waals surface area (Å²) in [6.07, 6.45) is 1.34. The second kappa shape index (κ2) is 4.05. The van der Waals surface area contributed by atoms with Crippen LogP contribution in [0.1, 0.15) is 0 Å². The SMILES string of the molecule is COc1cc(F)c(-c2cnc(N)s2)c(F)c1. The summed E-state index contributed by atoms with van der Waals surface area (Å²) in [4.78, 5) is 4.11. The summed E-state index contributed by atoms with van der Waals surface area (Å²) in [6.45, 7) is 0. The Morgan fingerprint density at radius 1 is 1.31 bits per heavy atom. The van der Waals surface area contributed by atoms with Crippen LogP contribution in [0.3, 0.4) is 0 Å². The maximum atomic E-state index is 13.6. The van der Waals surface area contributed by atoms with E-state index in [4.69, 9.17) is 10.5 Å². The number of hydrogen-bond acceptors (Lipinski definition) is 4. The van der Waals surface area contributed by atoms with Gasteiger partial charge >= 0.3 is 0 Å². The zero-order valence-corrected chi connectivity index (χ0v) is 9.15. The van der Waals surface area contributed by atoms with Crippen LogP contribution in [0.4, 0.5) is 13.9 Å². The van der Waals surface area contributed by atoms with Crippen LogP contribution in [-0.4, -0.2) is 12.1 Å². The van der Waals surface area contributed by atoms with Gasteiger partial charge in [0.05, 0.1) is 17.6 Å². The van der Waals surface area contributed by atoms with Crippen molar-refractivity contribution in [1.82, 2.24) is 4.98 Å². The molecule has 0 aliphatic heterocycles. The summed E-state index contributed by atoms with van der Waals surface area (Å²) < 4.78 is 32.0. The van der Waals surface area contributed by atoms with Gasteiger partial charge in [0.15, 0.2) is 5.13 Å². The van der Waals surface area contributed by atoms with Crippen molar-refractivity contribution in [2.24, 2.45) is 0 Å². The number of aromatic nitrogens is 1. The molecule has 0 bridgehead atoms. The van der Waals surface area contributed by atoms with Gasteiger partial charge in [-0.15, -0.1) is 0 Å². The van der Waals surface area contributed by atoms with Gasteiger partial charge in [0, 0.05) is 18.3 Å². The fourth-order valence-electron chi connectivity index (χ4n) is 1.31. The number of methoxy groups -OCH3 is 1. The smallest absolute Gasteiger partial charge is 0.180 e. The van der Waals surface area contributed by atoms with Crippen LogP contribution >= 0.6 is 11.3 Å². The van der Waals surface area contributed by atoms with Gasteiger partial charge in [0.25, 0.3) is 0 Å². The largest absolute Gasteiger partial charge is 0.497 e. The molecule has 0 amide bonds. The van der Waals surface area contributed by atoms with Crippen molar-refractivity contribution >= 4 is 16.5 Å². The molecule has 2 aromatic rings. The van der Waals surface area contributed by atoms with E-state index in [2.05, 4.69) is 4.98 Å². The van der Waals surface area contributed by atoms with Crippen LogP contribution in [0.25, 0.3) is 10.4 Å². The van der Waals surface area contributed by atoms with E-state index in [1.807, 2.05) is 0 Å². The first-order chi connectivity index (χ1) is 7.61. The third-order valence-corrected chi connectivity index (χ3v) is 2.87. The summed E-state index contributed by atoms with van der Waals surface area (Å²) in [5.41, 5.74) is 5.28. The zero-order chi connectivity index (χ0) is 11.7. The van der Waals surface area contributed by atoms with Crippen LogP contribution in [0.2, 0.25) is 0 Å². The molecule has 0 aliphatic carbocycles. The van der Waals surface area contributed by atoms with Crippen molar-refractivity contribution in [3.05, 3.63) is 30.0 Å². The minimum absolute atomic E-state index is 0.130. The maximum absolute atomic E-state index is 13.6. The first kappa shape index (κ1) is 10.8. The molecule has 0 unspecified atom stereocenters. The van der Waals surface area contributed by atoms with E-state index in [-0.39, 0.29) is 16.4 Å². The summed E-state index contributed by atoms with van der Waals surface area (Å²) in [7, 11) is 1.35. The summed E-state index contributed by atoms with van der Waals surface area (Å²) in [6, 6.07) is 2.24. The highest BCUT2D eigenvalue weighted by atomic mass is 32.1. The van der Waals surface area contributed by atoms with Crippen molar-refractivity contribution in [3.8, 4) is 16.2 Å². The standard InChI is InChI=1S/C10H8F2N2OS/c1-15-5-2-6(11)9(7(12)3-5)8-4-14-10(13)16-8/h2-4H,1H3,(H2,13,14). The number of halogens is 2. The van der Waals surface area contributed by atoms with Crippen LogP contribution < -0.4 is 10.5 Å². The fourth-order valence-corrected chi connectivity index (χ4v) is 2.04. The van der Waals surface area contributed by atoms with Crippen molar-refractivity contribution in [1.29, 1.82) is 0 Å². The Bertz CT molecular complexity index is 504. The first-order valence-electron chi connectivity index (χ1n) is 4.36. The maximum Gasteiger partial charge on any atom is 0.180 e. The molecule has 1 aromatic carbocycles. The molecule has 0 spiro atoms. The number of thiazole rings is 1. The second-order valence-electron chi connectivity index (χ2n) is 3.03. The van der Waals surface area contributed by atoms with E-state index in [1.165, 1.54) is 13.3 Å². The summed E-state index contributed by atoms with van der Waals surface area (Å²) in [5, 5.41) is 0.268. The molecule has 3 nitrogen and oxygen atoms in total. The Morgan fingerprint density at radius 2 is 1.94 bits per heavy atom. The van der Waals surface area contributed by atoms with Crippen LogP contribution in [0, 0.1) is 11.6 Å². The van der Waals surface area contributed by atoms with Crippen LogP contribution in [-0.2, 0) is 0 Å². The number of nitrogens with zero attached hydrogens (tertiary/aromatic N) is 1. The van der Waals surface area contributed by atoms with Crippen molar-refractivity contribution in [2.75, 3.05) is 12.8 Å². The quantitative estimate of drug-likeness (QED) is 0.880. The number of rotatable bonds is 2. The van der Waals surface area contributed by atoms with E-state index in [0.717, 1.165) is 23.5 Å². The molecule has 1 aromatic heterocycles. The normalized spacial score (nSPS) is 10.4. The predicted molar refractivity (Wildman–Crippen MR) is 58.4 cm³/mol. The van der Waals surface area contributed by atoms with Crippen LogP contribution in [0.15, 0.2) is 18.3 Å². The van der Waals surface area contributed by atoms with Crippen molar-refractivity contribution in [3.63, 3.8) is 0 Å². The van der Waals surface area contributed by atoms with Crippen LogP contribution in [0.5, 0.6) is 5.75 Å².